The molecule has 0 saturated carbocycles. The summed E-state index contributed by atoms with van der Waals surface area (Å²) < 4.78 is 7.43. The van der Waals surface area contributed by atoms with Crippen molar-refractivity contribution in [2.45, 2.75) is 25.5 Å². The fourth-order valence-corrected chi connectivity index (χ4v) is 4.85. The zero-order chi connectivity index (χ0) is 22.7. The maximum absolute atomic E-state index is 13.2. The third-order valence-corrected chi connectivity index (χ3v) is 6.98. The van der Waals surface area contributed by atoms with E-state index < -0.39 is 0 Å². The standard InChI is InChI=1S/C24H23N3O3S2/c1-15-7-8-18(11-16(15)2)27-23(29)22-20(9-10-31-22)26-24(27)32-14-21(28)25-13-17-5-4-6-19(12-17)30-3/h4-12H,13-14H2,1-3H3,(H,25,28). The summed E-state index contributed by atoms with van der Waals surface area (Å²) in [5, 5.41) is 5.28. The van der Waals surface area contributed by atoms with E-state index in [1.54, 1.807) is 11.7 Å². The van der Waals surface area contributed by atoms with Crippen LogP contribution in [0.4, 0.5) is 0 Å². The molecule has 32 heavy (non-hydrogen) atoms. The Morgan fingerprint density at radius 1 is 1.16 bits per heavy atom. The van der Waals surface area contributed by atoms with Gasteiger partial charge in [-0.15, -0.1) is 11.3 Å². The molecule has 0 radical (unpaired) electrons. The summed E-state index contributed by atoms with van der Waals surface area (Å²) in [5.74, 6) is 0.762. The third-order valence-electron chi connectivity index (χ3n) is 5.15. The molecule has 0 spiro atoms. The first-order chi connectivity index (χ1) is 15.5. The zero-order valence-corrected chi connectivity index (χ0v) is 19.7. The lowest BCUT2D eigenvalue weighted by atomic mass is 10.1. The smallest absolute Gasteiger partial charge is 0.276 e. The number of amides is 1. The van der Waals surface area contributed by atoms with Crippen LogP contribution in [-0.2, 0) is 11.3 Å². The highest BCUT2D eigenvalue weighted by Gasteiger charge is 2.16. The van der Waals surface area contributed by atoms with Crippen molar-refractivity contribution in [2.24, 2.45) is 0 Å². The molecule has 0 aliphatic heterocycles. The van der Waals surface area contributed by atoms with Crippen LogP contribution in [0.5, 0.6) is 5.75 Å². The molecule has 164 valence electrons. The highest BCUT2D eigenvalue weighted by Crippen LogP contribution is 2.24. The number of thioether (sulfide) groups is 1. The van der Waals surface area contributed by atoms with Gasteiger partial charge in [-0.2, -0.15) is 0 Å². The van der Waals surface area contributed by atoms with Crippen LogP contribution >= 0.6 is 23.1 Å². The van der Waals surface area contributed by atoms with Gasteiger partial charge in [0.05, 0.1) is 24.1 Å². The maximum Gasteiger partial charge on any atom is 0.276 e. The van der Waals surface area contributed by atoms with Crippen LogP contribution in [0.1, 0.15) is 16.7 Å². The van der Waals surface area contributed by atoms with E-state index in [1.165, 1.54) is 23.1 Å². The maximum atomic E-state index is 13.2. The number of benzene rings is 2. The summed E-state index contributed by atoms with van der Waals surface area (Å²) >= 11 is 2.63. The molecule has 2 aromatic heterocycles. The first-order valence-electron chi connectivity index (χ1n) is 10.1. The first kappa shape index (κ1) is 22.1. The molecule has 8 heteroatoms. The van der Waals surface area contributed by atoms with Crippen molar-refractivity contribution in [1.82, 2.24) is 14.9 Å². The van der Waals surface area contributed by atoms with E-state index in [-0.39, 0.29) is 17.2 Å². The molecule has 1 N–H and O–H groups in total. The molecule has 0 saturated heterocycles. The second kappa shape index (κ2) is 9.58. The van der Waals surface area contributed by atoms with Crippen molar-refractivity contribution in [3.8, 4) is 11.4 Å². The van der Waals surface area contributed by atoms with Crippen LogP contribution in [0.3, 0.4) is 0 Å². The zero-order valence-electron chi connectivity index (χ0n) is 18.0. The molecule has 0 unspecified atom stereocenters. The van der Waals surface area contributed by atoms with Crippen molar-refractivity contribution in [3.63, 3.8) is 0 Å². The topological polar surface area (TPSA) is 73.2 Å². The number of nitrogens with one attached hydrogen (secondary N) is 1. The van der Waals surface area contributed by atoms with Gasteiger partial charge in [0.1, 0.15) is 10.4 Å². The van der Waals surface area contributed by atoms with Crippen LogP contribution in [0.15, 0.2) is 63.9 Å². The number of rotatable bonds is 7. The van der Waals surface area contributed by atoms with Crippen LogP contribution in [0, 0.1) is 13.8 Å². The molecular formula is C24H23N3O3S2. The molecule has 0 bridgehead atoms. The Labute approximate surface area is 194 Å². The Morgan fingerprint density at radius 2 is 2.00 bits per heavy atom. The van der Waals surface area contributed by atoms with Crippen molar-refractivity contribution < 1.29 is 9.53 Å². The monoisotopic (exact) mass is 465 g/mol. The molecule has 1 amide bonds. The van der Waals surface area contributed by atoms with Crippen LogP contribution < -0.4 is 15.6 Å². The number of aromatic nitrogens is 2. The van der Waals surface area contributed by atoms with Gasteiger partial charge < -0.3 is 10.1 Å². The molecule has 4 rings (SSSR count). The molecule has 2 aromatic carbocycles. The van der Waals surface area contributed by atoms with Crippen molar-refractivity contribution >= 4 is 39.2 Å². The van der Waals surface area contributed by atoms with E-state index in [1.807, 2.05) is 67.8 Å². The predicted octanol–water partition coefficient (Wildman–Crippen LogP) is 4.48. The summed E-state index contributed by atoms with van der Waals surface area (Å²) in [6.45, 7) is 4.45. The molecule has 6 nitrogen and oxygen atoms in total. The molecule has 0 aliphatic rings. The summed E-state index contributed by atoms with van der Waals surface area (Å²) in [5.41, 5.74) is 4.48. The minimum atomic E-state index is -0.135. The number of carbonyl (C=O) groups excluding carboxylic acids is 1. The van der Waals surface area contributed by atoms with Gasteiger partial charge >= 0.3 is 0 Å². The van der Waals surface area contributed by atoms with E-state index in [4.69, 9.17) is 4.74 Å². The number of methoxy groups -OCH3 is 1. The second-order valence-electron chi connectivity index (χ2n) is 7.36. The third kappa shape index (κ3) is 4.71. The summed E-state index contributed by atoms with van der Waals surface area (Å²) in [6.07, 6.45) is 0. The molecule has 2 heterocycles. The SMILES string of the molecule is COc1cccc(CNC(=O)CSc2nc3ccsc3c(=O)n2-c2ccc(C)c(C)c2)c1. The lowest BCUT2D eigenvalue weighted by molar-refractivity contribution is -0.118. The van der Waals surface area contributed by atoms with E-state index >= 15 is 0 Å². The van der Waals surface area contributed by atoms with Crippen molar-refractivity contribution in [3.05, 3.63) is 81.0 Å². The molecule has 0 atom stereocenters. The normalized spacial score (nSPS) is 11.0. The Bertz CT molecular complexity index is 1340. The summed E-state index contributed by atoms with van der Waals surface area (Å²) in [6, 6.07) is 15.3. The van der Waals surface area contributed by atoms with Crippen molar-refractivity contribution in [2.75, 3.05) is 12.9 Å². The molecule has 0 fully saturated rings. The largest absolute Gasteiger partial charge is 0.497 e. The van der Waals surface area contributed by atoms with Gasteiger partial charge in [-0.3, -0.25) is 14.2 Å². The molecule has 0 aliphatic carbocycles. The van der Waals surface area contributed by atoms with Crippen molar-refractivity contribution in [1.29, 1.82) is 0 Å². The quantitative estimate of drug-likeness (QED) is 0.322. The lowest BCUT2D eigenvalue weighted by Gasteiger charge is -2.13. The number of thiophene rings is 1. The average molecular weight is 466 g/mol. The minimum absolute atomic E-state index is 0.118. The lowest BCUT2D eigenvalue weighted by Crippen LogP contribution is -2.26. The van der Waals surface area contributed by atoms with Gasteiger partial charge in [-0.25, -0.2) is 4.98 Å². The van der Waals surface area contributed by atoms with Gasteiger partial charge in [0, 0.05) is 6.54 Å². The second-order valence-corrected chi connectivity index (χ2v) is 9.21. The Hall–Kier alpha value is -3.10. The molecule has 4 aromatic rings. The number of ether oxygens (including phenoxy) is 1. The summed E-state index contributed by atoms with van der Waals surface area (Å²) in [7, 11) is 1.61. The first-order valence-corrected chi connectivity index (χ1v) is 11.9. The Morgan fingerprint density at radius 3 is 2.78 bits per heavy atom. The number of hydrogen-bond donors (Lipinski definition) is 1. The van der Waals surface area contributed by atoms with Crippen LogP contribution in [-0.4, -0.2) is 28.3 Å². The van der Waals surface area contributed by atoms with Crippen LogP contribution in [0.2, 0.25) is 0 Å². The fourth-order valence-electron chi connectivity index (χ4n) is 3.25. The average Bonchev–Trinajstić information content (AvgIpc) is 3.27. The minimum Gasteiger partial charge on any atom is -0.497 e. The number of carbonyl (C=O) groups is 1. The van der Waals surface area contributed by atoms with Gasteiger partial charge in [0.25, 0.3) is 5.56 Å². The van der Waals surface area contributed by atoms with E-state index in [0.29, 0.717) is 21.9 Å². The fraction of sp³-hybridized carbons (Fsp3) is 0.208. The number of hydrogen-bond acceptors (Lipinski definition) is 6. The number of fused-ring (bicyclic) bond motifs is 1. The highest BCUT2D eigenvalue weighted by molar-refractivity contribution is 7.99. The highest BCUT2D eigenvalue weighted by atomic mass is 32.2. The van der Waals surface area contributed by atoms with E-state index in [9.17, 15) is 9.59 Å². The van der Waals surface area contributed by atoms with Gasteiger partial charge in [-0.1, -0.05) is 30.0 Å². The van der Waals surface area contributed by atoms with Crippen LogP contribution in [0.25, 0.3) is 15.9 Å². The summed E-state index contributed by atoms with van der Waals surface area (Å²) in [4.78, 5) is 30.4. The number of aryl methyl sites for hydroxylation is 2. The molecular weight excluding hydrogens is 442 g/mol. The van der Waals surface area contributed by atoms with E-state index in [2.05, 4.69) is 10.3 Å². The van der Waals surface area contributed by atoms with Gasteiger partial charge in [-0.05, 0) is 66.2 Å². The van der Waals surface area contributed by atoms with E-state index in [0.717, 1.165) is 28.1 Å². The Kier molecular flexibility index (Phi) is 6.62. The predicted molar refractivity (Wildman–Crippen MR) is 130 cm³/mol. The number of nitrogens with zero attached hydrogens (tertiary/aromatic N) is 2. The van der Waals surface area contributed by atoms with Gasteiger partial charge in [0.2, 0.25) is 5.91 Å². The van der Waals surface area contributed by atoms with Gasteiger partial charge in [0.15, 0.2) is 5.16 Å². The Balaban J connectivity index is 1.56.